The van der Waals surface area contributed by atoms with E-state index in [-0.39, 0.29) is 11.8 Å². The van der Waals surface area contributed by atoms with Gasteiger partial charge in [-0.3, -0.25) is 4.79 Å². The molecule has 1 amide bonds. The third-order valence-electron chi connectivity index (χ3n) is 4.32. The van der Waals surface area contributed by atoms with E-state index in [4.69, 9.17) is 10.7 Å². The minimum atomic E-state index is 0.106. The second kappa shape index (κ2) is 6.43. The fourth-order valence-electron chi connectivity index (χ4n) is 3.02. The van der Waals surface area contributed by atoms with Crippen LogP contribution in [0.25, 0.3) is 11.1 Å². The Labute approximate surface area is 141 Å². The van der Waals surface area contributed by atoms with E-state index in [2.05, 4.69) is 9.97 Å². The van der Waals surface area contributed by atoms with Crippen LogP contribution in [0.15, 0.2) is 24.5 Å². The Morgan fingerprint density at radius 2 is 2.17 bits per heavy atom. The first-order valence-corrected chi connectivity index (χ1v) is 7.97. The average molecular weight is 326 g/mol. The minimum Gasteiger partial charge on any atom is -0.384 e. The van der Waals surface area contributed by atoms with Crippen molar-refractivity contribution in [1.82, 2.24) is 19.9 Å². The zero-order valence-electron chi connectivity index (χ0n) is 14.2. The Balaban J connectivity index is 2.04. The van der Waals surface area contributed by atoms with Gasteiger partial charge in [-0.2, -0.15) is 0 Å². The summed E-state index contributed by atoms with van der Waals surface area (Å²) in [6.45, 7) is 3.06. The van der Waals surface area contributed by atoms with Gasteiger partial charge in [0.05, 0.1) is 5.69 Å². The van der Waals surface area contributed by atoms with E-state index in [1.807, 2.05) is 42.2 Å². The zero-order chi connectivity index (χ0) is 17.3. The number of anilines is 2. The van der Waals surface area contributed by atoms with Gasteiger partial charge < -0.3 is 15.5 Å². The highest BCUT2D eigenvalue weighted by Gasteiger charge is 2.29. The molecule has 1 atom stereocenters. The predicted molar refractivity (Wildman–Crippen MR) is 93.6 cm³/mol. The molecular formula is C17H22N6O. The number of aromatic nitrogens is 3. The number of carbonyl (C=O) groups excluding carboxylic acids is 1. The first-order valence-electron chi connectivity index (χ1n) is 7.97. The van der Waals surface area contributed by atoms with Crippen molar-refractivity contribution in [2.75, 3.05) is 37.8 Å². The van der Waals surface area contributed by atoms with Crippen molar-refractivity contribution in [1.29, 1.82) is 0 Å². The van der Waals surface area contributed by atoms with Gasteiger partial charge in [-0.1, -0.05) is 0 Å². The van der Waals surface area contributed by atoms with Crippen molar-refractivity contribution in [2.24, 2.45) is 0 Å². The van der Waals surface area contributed by atoms with Gasteiger partial charge in [-0.25, -0.2) is 15.0 Å². The van der Waals surface area contributed by atoms with Crippen LogP contribution in [0, 0.1) is 0 Å². The van der Waals surface area contributed by atoms with Gasteiger partial charge >= 0.3 is 0 Å². The summed E-state index contributed by atoms with van der Waals surface area (Å²) in [5, 5.41) is 0. The molecule has 2 N–H and O–H groups in total. The van der Waals surface area contributed by atoms with E-state index in [1.54, 1.807) is 13.1 Å². The van der Waals surface area contributed by atoms with E-state index >= 15 is 0 Å². The van der Waals surface area contributed by atoms with Gasteiger partial charge in [0.15, 0.2) is 0 Å². The summed E-state index contributed by atoms with van der Waals surface area (Å²) in [4.78, 5) is 28.7. The number of likely N-dealkylation sites (tertiary alicyclic amines) is 1. The monoisotopic (exact) mass is 326 g/mol. The van der Waals surface area contributed by atoms with Crippen molar-refractivity contribution < 1.29 is 4.79 Å². The van der Waals surface area contributed by atoms with E-state index < -0.39 is 0 Å². The smallest absolute Gasteiger partial charge is 0.225 e. The first kappa shape index (κ1) is 16.2. The molecule has 3 rings (SSSR count). The lowest BCUT2D eigenvalue weighted by Crippen LogP contribution is -2.25. The van der Waals surface area contributed by atoms with Gasteiger partial charge in [-0.05, 0) is 24.1 Å². The third kappa shape index (κ3) is 3.15. The topological polar surface area (TPSA) is 88.2 Å². The summed E-state index contributed by atoms with van der Waals surface area (Å²) in [5.74, 6) is 1.43. The normalized spacial score (nSPS) is 17.1. The number of nitrogens with two attached hydrogens (primary N) is 1. The first-order chi connectivity index (χ1) is 11.5. The summed E-state index contributed by atoms with van der Waals surface area (Å²) in [5.41, 5.74) is 8.68. The Kier molecular flexibility index (Phi) is 4.33. The summed E-state index contributed by atoms with van der Waals surface area (Å²) in [6, 6.07) is 3.74. The van der Waals surface area contributed by atoms with E-state index in [0.29, 0.717) is 18.3 Å². The van der Waals surface area contributed by atoms with Crippen LogP contribution in [-0.4, -0.2) is 52.9 Å². The van der Waals surface area contributed by atoms with Crippen LogP contribution in [0.1, 0.15) is 25.0 Å². The molecule has 0 radical (unpaired) electrons. The molecule has 2 aromatic heterocycles. The number of nitrogen functional groups attached to an aromatic ring is 1. The highest BCUT2D eigenvalue weighted by atomic mass is 16.2. The van der Waals surface area contributed by atoms with Crippen molar-refractivity contribution in [2.45, 2.75) is 19.3 Å². The number of rotatable bonds is 3. The van der Waals surface area contributed by atoms with Gasteiger partial charge in [0.1, 0.15) is 5.82 Å². The van der Waals surface area contributed by atoms with Gasteiger partial charge in [-0.15, -0.1) is 0 Å². The van der Waals surface area contributed by atoms with Crippen LogP contribution < -0.4 is 10.6 Å². The molecule has 0 bridgehead atoms. The zero-order valence-corrected chi connectivity index (χ0v) is 14.2. The highest BCUT2D eigenvalue weighted by Crippen LogP contribution is 2.34. The molecule has 0 aliphatic carbocycles. The van der Waals surface area contributed by atoms with Crippen LogP contribution in [0.5, 0.6) is 0 Å². The Bertz CT molecular complexity index is 760. The van der Waals surface area contributed by atoms with Gasteiger partial charge in [0.2, 0.25) is 11.9 Å². The second-order valence-electron chi connectivity index (χ2n) is 6.28. The molecule has 126 valence electrons. The third-order valence-corrected chi connectivity index (χ3v) is 4.32. The Morgan fingerprint density at radius 3 is 2.79 bits per heavy atom. The molecule has 7 nitrogen and oxygen atoms in total. The number of hydrogen-bond acceptors (Lipinski definition) is 6. The fraction of sp³-hybridized carbons (Fsp3) is 0.412. The standard InChI is InChI=1S/C17H22N6O/c1-11(24)23-7-5-13(10-23)16-14(9-20-17(21-16)22(2)3)12-4-6-19-15(18)8-12/h4,6,8-9,13H,5,7,10H2,1-3H3,(H2,18,19). The van der Waals surface area contributed by atoms with Crippen LogP contribution in [0.2, 0.25) is 0 Å². The summed E-state index contributed by atoms with van der Waals surface area (Å²) >= 11 is 0. The molecular weight excluding hydrogens is 304 g/mol. The van der Waals surface area contributed by atoms with Crippen molar-refractivity contribution in [3.8, 4) is 11.1 Å². The predicted octanol–water partition coefficient (Wildman–Crippen LogP) is 1.52. The minimum absolute atomic E-state index is 0.106. The van der Waals surface area contributed by atoms with Crippen molar-refractivity contribution in [3.63, 3.8) is 0 Å². The van der Waals surface area contributed by atoms with Crippen molar-refractivity contribution in [3.05, 3.63) is 30.2 Å². The average Bonchev–Trinajstić information content (AvgIpc) is 3.04. The number of carbonyl (C=O) groups is 1. The molecule has 7 heteroatoms. The SMILES string of the molecule is CC(=O)N1CCC(c2nc(N(C)C)ncc2-c2ccnc(N)c2)C1. The van der Waals surface area contributed by atoms with E-state index in [1.165, 1.54) is 0 Å². The quantitative estimate of drug-likeness (QED) is 0.920. The molecule has 2 aromatic rings. The number of hydrogen-bond donors (Lipinski definition) is 1. The van der Waals surface area contributed by atoms with E-state index in [0.717, 1.165) is 29.8 Å². The molecule has 0 spiro atoms. The molecule has 1 unspecified atom stereocenters. The molecule has 1 saturated heterocycles. The maximum atomic E-state index is 11.7. The Morgan fingerprint density at radius 1 is 1.38 bits per heavy atom. The second-order valence-corrected chi connectivity index (χ2v) is 6.28. The highest BCUT2D eigenvalue weighted by molar-refractivity contribution is 5.74. The molecule has 0 saturated carbocycles. The van der Waals surface area contributed by atoms with Crippen LogP contribution in [-0.2, 0) is 4.79 Å². The number of pyridine rings is 1. The van der Waals surface area contributed by atoms with Crippen LogP contribution >= 0.6 is 0 Å². The largest absolute Gasteiger partial charge is 0.384 e. The van der Waals surface area contributed by atoms with E-state index in [9.17, 15) is 4.79 Å². The number of amides is 1. The molecule has 1 aliphatic rings. The lowest BCUT2D eigenvalue weighted by molar-refractivity contribution is -0.127. The molecule has 0 aromatic carbocycles. The summed E-state index contributed by atoms with van der Waals surface area (Å²) in [7, 11) is 3.83. The lowest BCUT2D eigenvalue weighted by atomic mass is 9.96. The molecule has 1 fully saturated rings. The van der Waals surface area contributed by atoms with Crippen LogP contribution in [0.4, 0.5) is 11.8 Å². The maximum Gasteiger partial charge on any atom is 0.225 e. The molecule has 1 aliphatic heterocycles. The number of nitrogens with zero attached hydrogens (tertiary/aromatic N) is 5. The fourth-order valence-corrected chi connectivity index (χ4v) is 3.02. The summed E-state index contributed by atoms with van der Waals surface area (Å²) in [6.07, 6.45) is 4.42. The Hall–Kier alpha value is -2.70. The van der Waals surface area contributed by atoms with Crippen molar-refractivity contribution >= 4 is 17.7 Å². The maximum absolute atomic E-state index is 11.7. The van der Waals surface area contributed by atoms with Crippen LogP contribution in [0.3, 0.4) is 0 Å². The molecule has 24 heavy (non-hydrogen) atoms. The lowest BCUT2D eigenvalue weighted by Gasteiger charge is -2.19. The molecule has 3 heterocycles. The van der Waals surface area contributed by atoms with Gasteiger partial charge in [0, 0.05) is 58.0 Å². The van der Waals surface area contributed by atoms with Gasteiger partial charge in [0.25, 0.3) is 0 Å². The summed E-state index contributed by atoms with van der Waals surface area (Å²) < 4.78 is 0.